The number of morpholine rings is 1. The number of benzene rings is 1. The van der Waals surface area contributed by atoms with E-state index in [0.29, 0.717) is 11.6 Å². The molecule has 2 aromatic rings. The summed E-state index contributed by atoms with van der Waals surface area (Å²) < 4.78 is 10.8. The Morgan fingerprint density at radius 3 is 2.65 bits per heavy atom. The van der Waals surface area contributed by atoms with Gasteiger partial charge in [-0.25, -0.2) is 4.98 Å². The van der Waals surface area contributed by atoms with Gasteiger partial charge in [0, 0.05) is 24.5 Å². The Morgan fingerprint density at radius 2 is 2.00 bits per heavy atom. The minimum absolute atomic E-state index is 0.232. The number of nitrogens with two attached hydrogens (primary N) is 1. The number of oxazole rings is 1. The maximum atomic E-state index is 12.4. The Morgan fingerprint density at radius 1 is 1.31 bits per heavy atom. The van der Waals surface area contributed by atoms with E-state index in [4.69, 9.17) is 14.9 Å². The number of amides is 1. The molecule has 26 heavy (non-hydrogen) atoms. The zero-order valence-corrected chi connectivity index (χ0v) is 15.3. The Hall–Kier alpha value is -2.38. The number of nitrogens with zero attached hydrogens (tertiary/aromatic N) is 2. The largest absolute Gasteiger partial charge is 0.446 e. The van der Waals surface area contributed by atoms with Crippen molar-refractivity contribution in [3.05, 3.63) is 42.1 Å². The van der Waals surface area contributed by atoms with Gasteiger partial charge < -0.3 is 25.1 Å². The van der Waals surface area contributed by atoms with Crippen molar-refractivity contribution in [2.75, 3.05) is 36.5 Å². The van der Waals surface area contributed by atoms with E-state index in [-0.39, 0.29) is 23.6 Å². The third-order valence-corrected chi connectivity index (χ3v) is 4.80. The van der Waals surface area contributed by atoms with Gasteiger partial charge in [0.25, 0.3) is 5.91 Å². The molecule has 2 atom stereocenters. The third kappa shape index (κ3) is 4.23. The minimum atomic E-state index is -0.311. The number of nitrogens with one attached hydrogen (secondary N) is 1. The number of hydrogen-bond acceptors (Lipinski definition) is 6. The van der Waals surface area contributed by atoms with E-state index in [1.807, 2.05) is 31.2 Å². The van der Waals surface area contributed by atoms with Crippen molar-refractivity contribution in [1.82, 2.24) is 4.98 Å². The standard InChI is InChI=1S/C19H26N4O3/c1-3-13(2)17(20)19-22-16(12-26-19)18(24)21-14-4-6-15(7-5-14)23-8-10-25-11-9-23/h4-7,12-13,17H,3,8-11,20H2,1-2H3,(H,21,24). The molecule has 1 aliphatic rings. The van der Waals surface area contributed by atoms with Crippen LogP contribution >= 0.6 is 0 Å². The highest BCUT2D eigenvalue weighted by molar-refractivity contribution is 6.02. The fraction of sp³-hybridized carbons (Fsp3) is 0.474. The Bertz CT molecular complexity index is 723. The second kappa shape index (κ2) is 8.33. The number of carbonyl (C=O) groups excluding carboxylic acids is 1. The van der Waals surface area contributed by atoms with Crippen molar-refractivity contribution in [1.29, 1.82) is 0 Å². The fourth-order valence-electron chi connectivity index (χ4n) is 2.81. The molecule has 3 rings (SSSR count). The number of hydrogen-bond donors (Lipinski definition) is 2. The molecule has 2 unspecified atom stereocenters. The van der Waals surface area contributed by atoms with Crippen molar-refractivity contribution >= 4 is 17.3 Å². The number of aromatic nitrogens is 1. The summed E-state index contributed by atoms with van der Waals surface area (Å²) in [6.45, 7) is 7.33. The normalized spacial score (nSPS) is 17.0. The summed E-state index contributed by atoms with van der Waals surface area (Å²) in [6.07, 6.45) is 2.27. The first kappa shape index (κ1) is 18.4. The van der Waals surface area contributed by atoms with E-state index in [2.05, 4.69) is 22.1 Å². The van der Waals surface area contributed by atoms with E-state index in [9.17, 15) is 4.79 Å². The molecule has 7 heteroatoms. The zero-order valence-electron chi connectivity index (χ0n) is 15.3. The van der Waals surface area contributed by atoms with Gasteiger partial charge in [0.1, 0.15) is 6.26 Å². The van der Waals surface area contributed by atoms with Crippen LogP contribution in [0.2, 0.25) is 0 Å². The summed E-state index contributed by atoms with van der Waals surface area (Å²) in [7, 11) is 0. The molecule has 0 spiro atoms. The van der Waals surface area contributed by atoms with Gasteiger partial charge in [0.05, 0.1) is 19.3 Å². The van der Waals surface area contributed by atoms with Crippen molar-refractivity contribution in [2.45, 2.75) is 26.3 Å². The highest BCUT2D eigenvalue weighted by atomic mass is 16.5. The van der Waals surface area contributed by atoms with Crippen LogP contribution in [0.4, 0.5) is 11.4 Å². The molecule has 0 radical (unpaired) electrons. The van der Waals surface area contributed by atoms with Crippen molar-refractivity contribution in [3.63, 3.8) is 0 Å². The number of rotatable bonds is 6. The zero-order chi connectivity index (χ0) is 18.5. The first-order valence-corrected chi connectivity index (χ1v) is 9.03. The summed E-state index contributed by atoms with van der Waals surface area (Å²) in [5.74, 6) is 0.319. The van der Waals surface area contributed by atoms with Crippen LogP contribution in [0.25, 0.3) is 0 Å². The van der Waals surface area contributed by atoms with Gasteiger partial charge in [-0.3, -0.25) is 4.79 Å². The highest BCUT2D eigenvalue weighted by Crippen LogP contribution is 2.22. The van der Waals surface area contributed by atoms with Gasteiger partial charge in [0.2, 0.25) is 5.89 Å². The summed E-state index contributed by atoms with van der Waals surface area (Å²) >= 11 is 0. The average Bonchev–Trinajstić information content (AvgIpc) is 3.18. The maximum absolute atomic E-state index is 12.4. The van der Waals surface area contributed by atoms with E-state index in [0.717, 1.165) is 38.4 Å². The molecule has 0 saturated carbocycles. The quantitative estimate of drug-likeness (QED) is 0.825. The average molecular weight is 358 g/mol. The molecular formula is C19H26N4O3. The Balaban J connectivity index is 1.62. The summed E-state index contributed by atoms with van der Waals surface area (Å²) in [4.78, 5) is 18.9. The first-order chi connectivity index (χ1) is 12.6. The lowest BCUT2D eigenvalue weighted by molar-refractivity contribution is 0.102. The smallest absolute Gasteiger partial charge is 0.277 e. The lowest BCUT2D eigenvalue weighted by Gasteiger charge is -2.28. The third-order valence-electron chi connectivity index (χ3n) is 4.80. The number of carbonyl (C=O) groups is 1. The molecule has 1 aromatic carbocycles. The monoisotopic (exact) mass is 358 g/mol. The minimum Gasteiger partial charge on any atom is -0.446 e. The molecule has 0 aliphatic carbocycles. The van der Waals surface area contributed by atoms with Gasteiger partial charge in [-0.15, -0.1) is 0 Å². The van der Waals surface area contributed by atoms with E-state index < -0.39 is 0 Å². The van der Waals surface area contributed by atoms with Crippen LogP contribution in [-0.2, 0) is 4.74 Å². The molecule has 1 amide bonds. The molecule has 1 aliphatic heterocycles. The molecule has 2 heterocycles. The topological polar surface area (TPSA) is 93.6 Å². The number of anilines is 2. The van der Waals surface area contributed by atoms with Crippen LogP contribution in [0.15, 0.2) is 34.9 Å². The van der Waals surface area contributed by atoms with Gasteiger partial charge in [0.15, 0.2) is 5.69 Å². The first-order valence-electron chi connectivity index (χ1n) is 9.03. The van der Waals surface area contributed by atoms with Crippen molar-refractivity contribution < 1.29 is 13.9 Å². The van der Waals surface area contributed by atoms with Crippen LogP contribution < -0.4 is 16.0 Å². The fourth-order valence-corrected chi connectivity index (χ4v) is 2.81. The molecule has 1 saturated heterocycles. The predicted molar refractivity (Wildman–Crippen MR) is 100 cm³/mol. The number of ether oxygens (including phenoxy) is 1. The van der Waals surface area contributed by atoms with Crippen LogP contribution in [0.1, 0.15) is 42.7 Å². The van der Waals surface area contributed by atoms with E-state index in [1.165, 1.54) is 6.26 Å². The van der Waals surface area contributed by atoms with Crippen molar-refractivity contribution in [3.8, 4) is 0 Å². The molecule has 0 bridgehead atoms. The second-order valence-electron chi connectivity index (χ2n) is 6.58. The summed E-state index contributed by atoms with van der Waals surface area (Å²) in [6, 6.07) is 7.44. The van der Waals surface area contributed by atoms with Crippen LogP contribution in [0.3, 0.4) is 0 Å². The summed E-state index contributed by atoms with van der Waals surface area (Å²) in [5.41, 5.74) is 8.16. The van der Waals surface area contributed by atoms with Crippen LogP contribution in [0.5, 0.6) is 0 Å². The molecule has 1 aromatic heterocycles. The van der Waals surface area contributed by atoms with Gasteiger partial charge in [-0.05, 0) is 30.2 Å². The maximum Gasteiger partial charge on any atom is 0.277 e. The second-order valence-corrected chi connectivity index (χ2v) is 6.58. The SMILES string of the molecule is CCC(C)C(N)c1nc(C(=O)Nc2ccc(N3CCOCC3)cc2)co1. The van der Waals surface area contributed by atoms with Gasteiger partial charge in [-0.1, -0.05) is 20.3 Å². The Labute approximate surface area is 153 Å². The van der Waals surface area contributed by atoms with Crippen molar-refractivity contribution in [2.24, 2.45) is 11.7 Å². The van der Waals surface area contributed by atoms with Gasteiger partial charge in [-0.2, -0.15) is 0 Å². The molecular weight excluding hydrogens is 332 g/mol. The van der Waals surface area contributed by atoms with E-state index in [1.54, 1.807) is 0 Å². The predicted octanol–water partition coefficient (Wildman–Crippen LogP) is 2.81. The van der Waals surface area contributed by atoms with E-state index >= 15 is 0 Å². The van der Waals surface area contributed by atoms with Crippen LogP contribution in [-0.4, -0.2) is 37.2 Å². The van der Waals surface area contributed by atoms with Crippen LogP contribution in [0, 0.1) is 5.92 Å². The highest BCUT2D eigenvalue weighted by Gasteiger charge is 2.21. The molecule has 7 nitrogen and oxygen atoms in total. The molecule has 140 valence electrons. The summed E-state index contributed by atoms with van der Waals surface area (Å²) in [5, 5.41) is 2.84. The van der Waals surface area contributed by atoms with Gasteiger partial charge >= 0.3 is 0 Å². The lowest BCUT2D eigenvalue weighted by atomic mass is 10.0. The molecule has 3 N–H and O–H groups in total. The Kier molecular flexibility index (Phi) is 5.90. The molecule has 1 fully saturated rings. The lowest BCUT2D eigenvalue weighted by Crippen LogP contribution is -2.36.